The smallest absolute Gasteiger partial charge is 0.213 e. The molecule has 1 aromatic carbocycles. The molecule has 192 valence electrons. The molecule has 0 unspecified atom stereocenters. The Morgan fingerprint density at radius 3 is 2.09 bits per heavy atom. The number of aliphatic hydroxyl groups is 1. The van der Waals surface area contributed by atoms with Crippen LogP contribution < -0.4 is 14.2 Å². The second kappa shape index (κ2) is 16.8. The lowest BCUT2D eigenvalue weighted by molar-refractivity contribution is 0.103. The molecule has 1 heterocycles. The van der Waals surface area contributed by atoms with E-state index in [0.29, 0.717) is 40.7 Å². The molecule has 8 nitrogen and oxygen atoms in total. The van der Waals surface area contributed by atoms with E-state index in [-0.39, 0.29) is 12.4 Å². The molecule has 1 aromatic heterocycles. The average molecular weight is 487 g/mol. The standard InChI is InChI=1S/C19H22N2O5.C6H10O.C2H6/c1-12-13(2)21(8-6-7-9-22)20-17(12)18(23)14-10-15(24-3)19(26-5)16(11-14)25-4;1-4-5-6(2)7-3;1-2/h10-11,22H,7,9H2,1-5H3;4-5H,2H2,1,3H3;1-2H3/b;5-4-;. The number of benzene rings is 1. The van der Waals surface area contributed by atoms with Crippen molar-refractivity contribution in [1.29, 1.82) is 0 Å². The predicted molar refractivity (Wildman–Crippen MR) is 138 cm³/mol. The summed E-state index contributed by atoms with van der Waals surface area (Å²) in [6.07, 6.45) is 4.03. The van der Waals surface area contributed by atoms with Gasteiger partial charge in [-0.15, -0.1) is 0 Å². The first-order valence-electron chi connectivity index (χ1n) is 11.2. The molecular weight excluding hydrogens is 448 g/mol. The number of ether oxygens (including phenoxy) is 4. The van der Waals surface area contributed by atoms with Gasteiger partial charge in [0.05, 0.1) is 40.7 Å². The molecule has 0 aliphatic carbocycles. The second-order valence-electron chi connectivity index (χ2n) is 6.65. The zero-order valence-electron chi connectivity index (χ0n) is 22.3. The van der Waals surface area contributed by atoms with Crippen LogP contribution in [-0.2, 0) is 4.74 Å². The van der Waals surface area contributed by atoms with Gasteiger partial charge in [0.1, 0.15) is 11.5 Å². The Bertz CT molecular complexity index is 1030. The SMILES string of the molecule is C=C(/C=C\C)OC.CC.COc1cc(C(=O)c2nn(C#CCCO)c(C)c2C)cc(OC)c1OC. The highest BCUT2D eigenvalue weighted by atomic mass is 16.5. The second-order valence-corrected chi connectivity index (χ2v) is 6.65. The highest BCUT2D eigenvalue weighted by Gasteiger charge is 2.22. The van der Waals surface area contributed by atoms with Crippen molar-refractivity contribution in [2.75, 3.05) is 35.0 Å². The van der Waals surface area contributed by atoms with E-state index in [9.17, 15) is 4.79 Å². The van der Waals surface area contributed by atoms with Crippen LogP contribution in [0.5, 0.6) is 17.2 Å². The first kappa shape index (κ1) is 31.3. The number of ketones is 1. The van der Waals surface area contributed by atoms with E-state index in [4.69, 9.17) is 24.1 Å². The molecule has 35 heavy (non-hydrogen) atoms. The minimum Gasteiger partial charge on any atom is -0.497 e. The molecule has 0 saturated heterocycles. The highest BCUT2D eigenvalue weighted by molar-refractivity contribution is 6.09. The topological polar surface area (TPSA) is 92.0 Å². The van der Waals surface area contributed by atoms with Gasteiger partial charge in [0, 0.05) is 23.6 Å². The summed E-state index contributed by atoms with van der Waals surface area (Å²) in [5, 5.41) is 13.1. The third kappa shape index (κ3) is 8.87. The lowest BCUT2D eigenvalue weighted by atomic mass is 10.0. The fourth-order valence-corrected chi connectivity index (χ4v) is 2.69. The van der Waals surface area contributed by atoms with E-state index < -0.39 is 0 Å². The van der Waals surface area contributed by atoms with Gasteiger partial charge in [-0.25, -0.2) is 0 Å². The Morgan fingerprint density at radius 1 is 1.11 bits per heavy atom. The van der Waals surface area contributed by atoms with Crippen molar-refractivity contribution in [2.24, 2.45) is 0 Å². The minimum absolute atomic E-state index is 0.0243. The van der Waals surface area contributed by atoms with E-state index in [2.05, 4.69) is 23.6 Å². The van der Waals surface area contributed by atoms with E-state index >= 15 is 0 Å². The fourth-order valence-electron chi connectivity index (χ4n) is 2.69. The van der Waals surface area contributed by atoms with Crippen LogP contribution >= 0.6 is 0 Å². The molecule has 0 aliphatic heterocycles. The monoisotopic (exact) mass is 486 g/mol. The number of carbonyl (C=O) groups is 1. The van der Waals surface area contributed by atoms with E-state index in [1.165, 1.54) is 26.0 Å². The molecule has 0 fully saturated rings. The summed E-state index contributed by atoms with van der Waals surface area (Å²) >= 11 is 0. The summed E-state index contributed by atoms with van der Waals surface area (Å²) in [6.45, 7) is 13.1. The van der Waals surface area contributed by atoms with E-state index in [0.717, 1.165) is 11.3 Å². The molecule has 0 spiro atoms. The van der Waals surface area contributed by atoms with Crippen LogP contribution in [0.4, 0.5) is 0 Å². The lowest BCUT2D eigenvalue weighted by Crippen LogP contribution is -2.06. The highest BCUT2D eigenvalue weighted by Crippen LogP contribution is 2.38. The first-order chi connectivity index (χ1) is 16.8. The van der Waals surface area contributed by atoms with E-state index in [1.54, 1.807) is 25.3 Å². The van der Waals surface area contributed by atoms with Crippen molar-refractivity contribution in [3.63, 3.8) is 0 Å². The third-order valence-electron chi connectivity index (χ3n) is 4.59. The van der Waals surface area contributed by atoms with Crippen molar-refractivity contribution in [3.8, 4) is 29.2 Å². The molecule has 0 amide bonds. The third-order valence-corrected chi connectivity index (χ3v) is 4.59. The van der Waals surface area contributed by atoms with Gasteiger partial charge in [0.2, 0.25) is 11.5 Å². The Hall–Kier alpha value is -3.70. The molecule has 2 aromatic rings. The van der Waals surface area contributed by atoms with E-state index in [1.807, 2.05) is 40.7 Å². The lowest BCUT2D eigenvalue weighted by Gasteiger charge is -2.13. The summed E-state index contributed by atoms with van der Waals surface area (Å²) in [7, 11) is 6.09. The summed E-state index contributed by atoms with van der Waals surface area (Å²) < 4.78 is 22.0. The number of aromatic nitrogens is 2. The largest absolute Gasteiger partial charge is 0.497 e. The van der Waals surface area contributed by atoms with Crippen LogP contribution in [0.2, 0.25) is 0 Å². The van der Waals surface area contributed by atoms with Crippen LogP contribution in [0.15, 0.2) is 36.6 Å². The Morgan fingerprint density at radius 2 is 1.69 bits per heavy atom. The maximum atomic E-state index is 13.0. The molecule has 0 aliphatic rings. The minimum atomic E-state index is -0.271. The van der Waals surface area contributed by atoms with Crippen LogP contribution in [0.1, 0.15) is 54.5 Å². The zero-order valence-corrected chi connectivity index (χ0v) is 22.3. The van der Waals surface area contributed by atoms with Gasteiger partial charge < -0.3 is 24.1 Å². The summed E-state index contributed by atoms with van der Waals surface area (Å²) in [4.78, 5) is 13.0. The first-order valence-corrected chi connectivity index (χ1v) is 11.2. The van der Waals surface area contributed by atoms with Gasteiger partial charge in [-0.1, -0.05) is 32.4 Å². The molecule has 0 atom stereocenters. The molecule has 8 heteroatoms. The van der Waals surface area contributed by atoms with Gasteiger partial charge in [-0.3, -0.25) is 4.79 Å². The maximum Gasteiger partial charge on any atom is 0.213 e. The molecule has 2 rings (SSSR count). The number of aliphatic hydroxyl groups excluding tert-OH is 1. The van der Waals surface area contributed by atoms with Crippen molar-refractivity contribution >= 4 is 5.78 Å². The van der Waals surface area contributed by atoms with Gasteiger partial charge in [0.25, 0.3) is 0 Å². The average Bonchev–Trinajstić information content (AvgIpc) is 3.17. The van der Waals surface area contributed by atoms with Gasteiger partial charge in [-0.2, -0.15) is 9.78 Å². The van der Waals surface area contributed by atoms with Crippen LogP contribution in [0.25, 0.3) is 0 Å². The number of allylic oxidation sites excluding steroid dienone is 2. The van der Waals surface area contributed by atoms with Crippen molar-refractivity contribution in [3.05, 3.63) is 59.1 Å². The number of carbonyl (C=O) groups excluding carboxylic acids is 1. The predicted octanol–water partition coefficient (Wildman–Crippen LogP) is 4.70. The zero-order chi connectivity index (χ0) is 27.0. The fraction of sp³-hybridized carbons (Fsp3) is 0.407. The Balaban J connectivity index is 0.00000110. The Labute approximate surface area is 209 Å². The molecule has 1 N–H and O–H groups in total. The Kier molecular flexibility index (Phi) is 15.1. The van der Waals surface area contributed by atoms with Crippen LogP contribution in [0, 0.1) is 25.8 Å². The molecular formula is C27H38N2O6. The van der Waals surface area contributed by atoms with Crippen molar-refractivity contribution in [1.82, 2.24) is 9.78 Å². The number of methoxy groups -OCH3 is 4. The maximum absolute atomic E-state index is 13.0. The number of hydrogen-bond donors (Lipinski definition) is 1. The van der Waals surface area contributed by atoms with Crippen molar-refractivity contribution in [2.45, 2.75) is 41.0 Å². The molecule has 0 bridgehead atoms. The summed E-state index contributed by atoms with van der Waals surface area (Å²) in [5.74, 6) is 4.43. The molecule has 0 saturated carbocycles. The summed E-state index contributed by atoms with van der Waals surface area (Å²) in [6, 6.07) is 6.00. The molecule has 0 radical (unpaired) electrons. The van der Waals surface area contributed by atoms with Crippen LogP contribution in [-0.4, -0.2) is 55.7 Å². The van der Waals surface area contributed by atoms with Gasteiger partial charge in [-0.05, 0) is 39.0 Å². The number of rotatable bonds is 8. The quantitative estimate of drug-likeness (QED) is 0.250. The van der Waals surface area contributed by atoms with Crippen LogP contribution in [0.3, 0.4) is 0 Å². The summed E-state index contributed by atoms with van der Waals surface area (Å²) in [5.41, 5.74) is 2.18. The normalized spacial score (nSPS) is 9.54. The van der Waals surface area contributed by atoms with Gasteiger partial charge in [0.15, 0.2) is 11.5 Å². The van der Waals surface area contributed by atoms with Gasteiger partial charge >= 0.3 is 0 Å². The number of nitrogens with zero attached hydrogens (tertiary/aromatic N) is 2. The van der Waals surface area contributed by atoms with Crippen molar-refractivity contribution < 1.29 is 28.8 Å². The number of hydrogen-bond acceptors (Lipinski definition) is 7.